The van der Waals surface area contributed by atoms with Crippen LogP contribution < -0.4 is 0 Å². The van der Waals surface area contributed by atoms with E-state index in [-0.39, 0.29) is 0 Å². The van der Waals surface area contributed by atoms with Gasteiger partial charge in [-0.05, 0) is 0 Å². The van der Waals surface area contributed by atoms with Gasteiger partial charge in [0.15, 0.2) is 0 Å². The van der Waals surface area contributed by atoms with Crippen LogP contribution in [0.4, 0.5) is 0 Å². The van der Waals surface area contributed by atoms with Gasteiger partial charge in [-0.3, -0.25) is 0 Å². The van der Waals surface area contributed by atoms with Crippen molar-refractivity contribution in [3.8, 4) is 0 Å². The number of nitrogens with zero attached hydrogens (tertiary/aromatic N) is 2. The van der Waals surface area contributed by atoms with Gasteiger partial charge in [0.1, 0.15) is 0 Å². The van der Waals surface area contributed by atoms with Gasteiger partial charge in [-0.25, -0.2) is 0 Å². The van der Waals surface area contributed by atoms with E-state index in [9.17, 15) is 0 Å². The molecule has 0 bridgehead atoms. The van der Waals surface area contributed by atoms with Crippen molar-refractivity contribution in [2.45, 2.75) is 35.2 Å². The van der Waals surface area contributed by atoms with Crippen molar-refractivity contribution in [1.82, 2.24) is 0 Å². The van der Waals surface area contributed by atoms with Crippen molar-refractivity contribution in [3.63, 3.8) is 0 Å². The van der Waals surface area contributed by atoms with Crippen molar-refractivity contribution < 1.29 is 0 Å². The van der Waals surface area contributed by atoms with Crippen LogP contribution in [0.3, 0.4) is 0 Å². The van der Waals surface area contributed by atoms with Crippen LogP contribution in [-0.2, 0) is 0 Å². The number of rotatable bonds is 1. The van der Waals surface area contributed by atoms with E-state index in [1.54, 1.807) is 0 Å². The summed E-state index contributed by atoms with van der Waals surface area (Å²) in [6.45, 7) is 1.87. The summed E-state index contributed by atoms with van der Waals surface area (Å²) in [5.74, 6) is 0. The molecule has 0 aromatic heterocycles. The first-order chi connectivity index (χ1) is 7.97. The Balaban J connectivity index is 0.000000249. The SMILES string of the molecule is C1=CC[N-]C(C2CCCC[N-]2)=C1.[CH3][Sn]([CH3])([Cl])[Br]. The van der Waals surface area contributed by atoms with E-state index in [2.05, 4.69) is 51.4 Å². The van der Waals surface area contributed by atoms with Crippen molar-refractivity contribution in [2.24, 2.45) is 0 Å². The first-order valence-electron chi connectivity index (χ1n) is 6.05. The van der Waals surface area contributed by atoms with E-state index in [0.29, 0.717) is 6.04 Å². The van der Waals surface area contributed by atoms with Crippen LogP contribution in [0.1, 0.15) is 19.3 Å². The van der Waals surface area contributed by atoms with Crippen LogP contribution >= 0.6 is 21.6 Å². The quantitative estimate of drug-likeness (QED) is 0.525. The summed E-state index contributed by atoms with van der Waals surface area (Å²) in [6, 6.07) is 0.406. The zero-order valence-corrected chi connectivity index (χ0v) is 15.7. The molecule has 2 aliphatic rings. The second-order valence-corrected chi connectivity index (χ2v) is 34.9. The average Bonchev–Trinajstić information content (AvgIpc) is 2.29. The Morgan fingerprint density at radius 2 is 2.12 bits per heavy atom. The third-order valence-corrected chi connectivity index (χ3v) is 2.36. The molecule has 98 valence electrons. The van der Waals surface area contributed by atoms with Crippen molar-refractivity contribution >= 4 is 36.7 Å². The summed E-state index contributed by atoms with van der Waals surface area (Å²) in [6.07, 6.45) is 10.0. The van der Waals surface area contributed by atoms with Gasteiger partial charge in [-0.15, -0.1) is 25.2 Å². The molecule has 2 nitrogen and oxygen atoms in total. The molecule has 1 saturated heterocycles. The Bertz CT molecular complexity index is 275. The fraction of sp³-hybridized carbons (Fsp3) is 0.667. The summed E-state index contributed by atoms with van der Waals surface area (Å²) in [4.78, 5) is 4.16. The Morgan fingerprint density at radius 3 is 2.59 bits per heavy atom. The molecule has 1 atom stereocenters. The molecule has 0 aromatic rings. The van der Waals surface area contributed by atoms with Gasteiger partial charge in [-0.1, -0.05) is 31.4 Å². The number of hydrogen-bond donors (Lipinski definition) is 0. The molecule has 2 aliphatic heterocycles. The number of halogens is 2. The maximum atomic E-state index is 5.66. The predicted molar refractivity (Wildman–Crippen MR) is 83.6 cm³/mol. The Hall–Kier alpha value is 0.809. The van der Waals surface area contributed by atoms with Gasteiger partial charge >= 0.3 is 46.5 Å². The normalized spacial score (nSPS) is 24.2. The monoisotopic (exact) mass is 426 g/mol. The van der Waals surface area contributed by atoms with Crippen LogP contribution in [0, 0.1) is 0 Å². The van der Waals surface area contributed by atoms with E-state index in [4.69, 9.17) is 8.92 Å². The molecule has 0 radical (unpaired) electrons. The average molecular weight is 426 g/mol. The molecule has 17 heavy (non-hydrogen) atoms. The minimum absolute atomic E-state index is 0.406. The molecule has 0 amide bonds. The molecule has 0 N–H and O–H groups in total. The summed E-state index contributed by atoms with van der Waals surface area (Å²) < 4.78 is 0. The minimum atomic E-state index is -1.90. The molecule has 0 aliphatic carbocycles. The zero-order chi connectivity index (χ0) is 12.7. The van der Waals surface area contributed by atoms with Gasteiger partial charge in [0.2, 0.25) is 0 Å². The topological polar surface area (TPSA) is 28.2 Å². The third kappa shape index (κ3) is 8.51. The molecular weight excluding hydrogens is 406 g/mol. The molecule has 0 spiro atoms. The molecule has 1 fully saturated rings. The Labute approximate surface area is 119 Å². The molecular formula is C12H20BrClN2Sn-2. The van der Waals surface area contributed by atoms with E-state index in [1.165, 1.54) is 25.0 Å². The maximum absolute atomic E-state index is 5.66. The van der Waals surface area contributed by atoms with E-state index >= 15 is 0 Å². The molecule has 2 rings (SSSR count). The van der Waals surface area contributed by atoms with Gasteiger partial charge < -0.3 is 10.6 Å². The third-order valence-electron chi connectivity index (χ3n) is 2.36. The molecule has 1 unspecified atom stereocenters. The number of allylic oxidation sites excluding steroid dienone is 2. The van der Waals surface area contributed by atoms with Crippen molar-refractivity contribution in [1.29, 1.82) is 0 Å². The van der Waals surface area contributed by atoms with Crippen LogP contribution in [0.5, 0.6) is 0 Å². The van der Waals surface area contributed by atoms with E-state index < -0.39 is 15.0 Å². The summed E-state index contributed by atoms with van der Waals surface area (Å²) in [5.41, 5.74) is 1.19. The molecule has 2 heterocycles. The van der Waals surface area contributed by atoms with Gasteiger partial charge in [0, 0.05) is 0 Å². The van der Waals surface area contributed by atoms with Crippen molar-refractivity contribution in [3.05, 3.63) is 34.6 Å². The predicted octanol–water partition coefficient (Wildman–Crippen LogP) is 5.06. The second kappa shape index (κ2) is 8.07. The van der Waals surface area contributed by atoms with Crippen molar-refractivity contribution in [2.75, 3.05) is 13.1 Å². The molecule has 0 saturated carbocycles. The molecule has 0 aromatic carbocycles. The van der Waals surface area contributed by atoms with Crippen LogP contribution in [0.15, 0.2) is 23.9 Å². The van der Waals surface area contributed by atoms with Crippen LogP contribution in [0.25, 0.3) is 10.6 Å². The van der Waals surface area contributed by atoms with Gasteiger partial charge in [-0.2, -0.15) is 5.70 Å². The standard InChI is InChI=1S/C10H14N2.2CH3.BrH.ClH.Sn/c1-3-7-11-9(5-1)10-6-2-4-8-12-10;;;;;/h1,3,5,10H,2,4,6-8H2;2*1H3;2*1H;/q-2;;;;;+2/p-2. The Morgan fingerprint density at radius 1 is 1.41 bits per heavy atom. The first kappa shape index (κ1) is 15.9. The van der Waals surface area contributed by atoms with Crippen LogP contribution in [0.2, 0.25) is 9.88 Å². The first-order valence-corrected chi connectivity index (χ1v) is 21.8. The summed E-state index contributed by atoms with van der Waals surface area (Å²) >= 11 is 1.46. The summed E-state index contributed by atoms with van der Waals surface area (Å²) in [5, 5.41) is 8.99. The zero-order valence-electron chi connectivity index (χ0n) is 10.5. The second-order valence-electron chi connectivity index (χ2n) is 4.61. The fourth-order valence-corrected chi connectivity index (χ4v) is 1.68. The summed E-state index contributed by atoms with van der Waals surface area (Å²) in [7, 11) is 5.66. The fourth-order valence-electron chi connectivity index (χ4n) is 1.68. The van der Waals surface area contributed by atoms with Crippen LogP contribution in [-0.4, -0.2) is 34.2 Å². The van der Waals surface area contributed by atoms with E-state index in [0.717, 1.165) is 13.1 Å². The van der Waals surface area contributed by atoms with E-state index in [1.807, 2.05) is 0 Å². The van der Waals surface area contributed by atoms with Gasteiger partial charge in [0.05, 0.1) is 0 Å². The number of piperidine rings is 1. The Kier molecular flexibility index (Phi) is 7.54. The number of hydrogen-bond acceptors (Lipinski definition) is 0. The van der Waals surface area contributed by atoms with Gasteiger partial charge in [0.25, 0.3) is 0 Å². The molecule has 5 heteroatoms.